The van der Waals surface area contributed by atoms with Gasteiger partial charge in [-0.3, -0.25) is 9.69 Å². The molecule has 84 valence electrons. The Morgan fingerprint density at radius 1 is 1.19 bits per heavy atom. The van der Waals surface area contributed by atoms with Gasteiger partial charge in [0.05, 0.1) is 6.04 Å². The molecule has 1 saturated carbocycles. The molecule has 0 amide bonds. The third-order valence-corrected chi connectivity index (χ3v) is 3.87. The molecule has 2 saturated heterocycles. The van der Waals surface area contributed by atoms with Gasteiger partial charge in [-0.25, -0.2) is 0 Å². The first-order chi connectivity index (χ1) is 7.83. The molecular formula is C14H17NO. The van der Waals surface area contributed by atoms with Crippen LogP contribution in [0.5, 0.6) is 0 Å². The molecule has 4 rings (SSSR count). The van der Waals surface area contributed by atoms with Crippen molar-refractivity contribution in [3.8, 4) is 0 Å². The van der Waals surface area contributed by atoms with Gasteiger partial charge < -0.3 is 0 Å². The van der Waals surface area contributed by atoms with E-state index in [4.69, 9.17) is 0 Å². The van der Waals surface area contributed by atoms with Gasteiger partial charge in [0.1, 0.15) is 5.78 Å². The van der Waals surface area contributed by atoms with Crippen molar-refractivity contribution in [2.45, 2.75) is 31.8 Å². The van der Waals surface area contributed by atoms with Gasteiger partial charge in [-0.05, 0) is 24.3 Å². The summed E-state index contributed by atoms with van der Waals surface area (Å²) >= 11 is 0. The number of carbonyl (C=O) groups is 1. The van der Waals surface area contributed by atoms with Gasteiger partial charge in [-0.2, -0.15) is 0 Å². The van der Waals surface area contributed by atoms with E-state index >= 15 is 0 Å². The van der Waals surface area contributed by atoms with Gasteiger partial charge in [-0.15, -0.1) is 0 Å². The highest BCUT2D eigenvalue weighted by molar-refractivity contribution is 5.85. The molecule has 2 bridgehead atoms. The zero-order valence-electron chi connectivity index (χ0n) is 9.43. The minimum atomic E-state index is 0.213. The minimum absolute atomic E-state index is 0.213. The Kier molecular flexibility index (Phi) is 2.52. The van der Waals surface area contributed by atoms with Crippen molar-refractivity contribution in [1.29, 1.82) is 0 Å². The molecule has 16 heavy (non-hydrogen) atoms. The Morgan fingerprint density at radius 2 is 2.00 bits per heavy atom. The number of fused-ring (bicyclic) bond motifs is 3. The number of ketones is 1. The second-order valence-corrected chi connectivity index (χ2v) is 5.04. The van der Waals surface area contributed by atoms with E-state index in [-0.39, 0.29) is 6.04 Å². The van der Waals surface area contributed by atoms with E-state index in [1.807, 2.05) is 6.07 Å². The zero-order chi connectivity index (χ0) is 11.0. The maximum Gasteiger partial charge on any atom is 0.150 e. The topological polar surface area (TPSA) is 20.3 Å². The average molecular weight is 215 g/mol. The fourth-order valence-corrected chi connectivity index (χ4v) is 3.07. The van der Waals surface area contributed by atoms with Crippen molar-refractivity contribution < 1.29 is 4.79 Å². The van der Waals surface area contributed by atoms with Crippen LogP contribution in [-0.2, 0) is 11.3 Å². The van der Waals surface area contributed by atoms with Crippen molar-refractivity contribution in [2.24, 2.45) is 5.92 Å². The van der Waals surface area contributed by atoms with Crippen LogP contribution in [-0.4, -0.2) is 23.3 Å². The highest BCUT2D eigenvalue weighted by Crippen LogP contribution is 2.33. The monoisotopic (exact) mass is 215 g/mol. The van der Waals surface area contributed by atoms with Crippen molar-refractivity contribution >= 4 is 5.78 Å². The first kappa shape index (κ1) is 10.0. The third kappa shape index (κ3) is 1.78. The summed E-state index contributed by atoms with van der Waals surface area (Å²) in [5, 5.41) is 0. The fourth-order valence-electron chi connectivity index (χ4n) is 3.07. The second kappa shape index (κ2) is 4.02. The summed E-state index contributed by atoms with van der Waals surface area (Å²) in [6, 6.07) is 10.7. The Labute approximate surface area is 96.3 Å². The number of nitrogens with zero attached hydrogens (tertiary/aromatic N) is 1. The van der Waals surface area contributed by atoms with Gasteiger partial charge in [0.2, 0.25) is 0 Å². The third-order valence-electron chi connectivity index (χ3n) is 3.87. The van der Waals surface area contributed by atoms with E-state index in [0.717, 1.165) is 25.9 Å². The molecular weight excluding hydrogens is 198 g/mol. The van der Waals surface area contributed by atoms with Gasteiger partial charge in [0.15, 0.2) is 0 Å². The lowest BCUT2D eigenvalue weighted by Crippen LogP contribution is -2.52. The normalized spacial score (nSPS) is 29.6. The summed E-state index contributed by atoms with van der Waals surface area (Å²) in [6.07, 6.45) is 3.16. The lowest BCUT2D eigenvalue weighted by atomic mass is 9.79. The van der Waals surface area contributed by atoms with Crippen LogP contribution in [0.3, 0.4) is 0 Å². The molecule has 3 aliphatic rings. The van der Waals surface area contributed by atoms with Gasteiger partial charge in [0, 0.05) is 19.5 Å². The predicted molar refractivity (Wildman–Crippen MR) is 63.0 cm³/mol. The van der Waals surface area contributed by atoms with Gasteiger partial charge in [0.25, 0.3) is 0 Å². The molecule has 0 aromatic heterocycles. The Morgan fingerprint density at radius 3 is 2.69 bits per heavy atom. The Bertz CT molecular complexity index is 387. The van der Waals surface area contributed by atoms with Crippen molar-refractivity contribution in [3.63, 3.8) is 0 Å². The van der Waals surface area contributed by atoms with Crippen LogP contribution in [0, 0.1) is 5.92 Å². The fraction of sp³-hybridized carbons (Fsp3) is 0.500. The molecule has 0 radical (unpaired) electrons. The number of rotatable bonds is 2. The smallest absolute Gasteiger partial charge is 0.150 e. The number of hydrogen-bond donors (Lipinski definition) is 0. The summed E-state index contributed by atoms with van der Waals surface area (Å²) in [5.74, 6) is 1.10. The Hall–Kier alpha value is -1.15. The van der Waals surface area contributed by atoms with Crippen molar-refractivity contribution in [3.05, 3.63) is 35.9 Å². The molecule has 0 spiro atoms. The first-order valence-electron chi connectivity index (χ1n) is 6.13. The highest BCUT2D eigenvalue weighted by Gasteiger charge is 2.39. The zero-order valence-corrected chi connectivity index (χ0v) is 9.43. The average Bonchev–Trinajstić information content (AvgIpc) is 2.30. The van der Waals surface area contributed by atoms with Gasteiger partial charge in [-0.1, -0.05) is 30.3 Å². The van der Waals surface area contributed by atoms with E-state index in [2.05, 4.69) is 29.2 Å². The largest absolute Gasteiger partial charge is 0.298 e. The maximum atomic E-state index is 11.8. The van der Waals surface area contributed by atoms with E-state index in [0.29, 0.717) is 11.7 Å². The SMILES string of the molecule is O=C1C[C@H]2CC[C@H]1N(Cc1ccccc1)C2. The molecule has 0 N–H and O–H groups in total. The molecule has 1 aromatic carbocycles. The summed E-state index contributed by atoms with van der Waals surface area (Å²) < 4.78 is 0. The van der Waals surface area contributed by atoms with Gasteiger partial charge >= 0.3 is 0 Å². The number of piperidine rings is 2. The Balaban J connectivity index is 1.74. The highest BCUT2D eigenvalue weighted by atomic mass is 16.1. The maximum absolute atomic E-state index is 11.8. The minimum Gasteiger partial charge on any atom is -0.298 e. The number of carbonyl (C=O) groups excluding carboxylic acids is 1. The van der Waals surface area contributed by atoms with E-state index in [9.17, 15) is 4.79 Å². The van der Waals surface area contributed by atoms with Crippen LogP contribution in [0.25, 0.3) is 0 Å². The predicted octanol–water partition coefficient (Wildman–Crippen LogP) is 2.24. The molecule has 1 aliphatic carbocycles. The lowest BCUT2D eigenvalue weighted by molar-refractivity contribution is -0.133. The number of hydrogen-bond acceptors (Lipinski definition) is 2. The molecule has 2 heterocycles. The summed E-state index contributed by atoms with van der Waals surface area (Å²) in [7, 11) is 0. The molecule has 3 fully saturated rings. The molecule has 1 aromatic rings. The lowest BCUT2D eigenvalue weighted by Gasteiger charge is -2.44. The molecule has 0 unspecified atom stereocenters. The van der Waals surface area contributed by atoms with Crippen LogP contribution in [0.4, 0.5) is 0 Å². The molecule has 2 heteroatoms. The van der Waals surface area contributed by atoms with Crippen LogP contribution >= 0.6 is 0 Å². The first-order valence-corrected chi connectivity index (χ1v) is 6.13. The van der Waals surface area contributed by atoms with E-state index < -0.39 is 0 Å². The number of benzene rings is 1. The van der Waals surface area contributed by atoms with E-state index in [1.54, 1.807) is 0 Å². The standard InChI is InChI=1S/C14H17NO/c16-14-8-12-6-7-13(14)15(10-12)9-11-4-2-1-3-5-11/h1-5,12-13H,6-10H2/t12-,13-/m1/s1. The summed E-state index contributed by atoms with van der Waals surface area (Å²) in [5.41, 5.74) is 1.32. The molecule has 2 nitrogen and oxygen atoms in total. The van der Waals surface area contributed by atoms with Crippen LogP contribution in [0.1, 0.15) is 24.8 Å². The number of Topliss-reactive ketones (excluding diaryl/α,β-unsaturated/α-hetero) is 1. The van der Waals surface area contributed by atoms with Crippen LogP contribution < -0.4 is 0 Å². The quantitative estimate of drug-likeness (QED) is 0.754. The van der Waals surface area contributed by atoms with Crippen LogP contribution in [0.2, 0.25) is 0 Å². The van der Waals surface area contributed by atoms with Crippen LogP contribution in [0.15, 0.2) is 30.3 Å². The van der Waals surface area contributed by atoms with Crippen molar-refractivity contribution in [2.75, 3.05) is 6.54 Å². The summed E-state index contributed by atoms with van der Waals surface area (Å²) in [6.45, 7) is 2.05. The van der Waals surface area contributed by atoms with Crippen molar-refractivity contribution in [1.82, 2.24) is 4.90 Å². The van der Waals surface area contributed by atoms with E-state index in [1.165, 1.54) is 12.0 Å². The summed E-state index contributed by atoms with van der Waals surface area (Å²) in [4.78, 5) is 14.2. The molecule has 2 atom stereocenters. The molecule has 2 aliphatic heterocycles. The second-order valence-electron chi connectivity index (χ2n) is 5.04.